The van der Waals surface area contributed by atoms with Crippen LogP contribution in [0.4, 0.5) is 17.1 Å². The van der Waals surface area contributed by atoms with Crippen LogP contribution < -0.4 is 15.5 Å². The van der Waals surface area contributed by atoms with Gasteiger partial charge in [-0.1, -0.05) is 30.3 Å². The van der Waals surface area contributed by atoms with Crippen LogP contribution in [0, 0.1) is 10.1 Å². The summed E-state index contributed by atoms with van der Waals surface area (Å²) in [6.07, 6.45) is 0.844. The van der Waals surface area contributed by atoms with Crippen molar-refractivity contribution in [3.63, 3.8) is 0 Å². The number of fused-ring (bicyclic) bond motifs is 3. The first-order valence-corrected chi connectivity index (χ1v) is 11.3. The minimum absolute atomic E-state index is 0.125. The van der Waals surface area contributed by atoms with Gasteiger partial charge in [-0.15, -0.1) is 0 Å². The van der Waals surface area contributed by atoms with E-state index in [2.05, 4.69) is 22.8 Å². The molecular formula is C25H22N4O4S. The Hall–Kier alpha value is -3.82. The molecule has 0 radical (unpaired) electrons. The maximum atomic E-state index is 13.1. The van der Waals surface area contributed by atoms with E-state index >= 15 is 0 Å². The van der Waals surface area contributed by atoms with E-state index in [4.69, 9.17) is 17.0 Å². The van der Waals surface area contributed by atoms with Crippen molar-refractivity contribution in [1.82, 2.24) is 5.32 Å². The van der Waals surface area contributed by atoms with Gasteiger partial charge in [-0.2, -0.15) is 0 Å². The molecule has 0 spiro atoms. The minimum atomic E-state index is -0.515. The van der Waals surface area contributed by atoms with Gasteiger partial charge in [0.05, 0.1) is 29.4 Å². The molecule has 1 fully saturated rings. The number of morpholine rings is 1. The standard InChI is InChI=1S/C25H22N4O4S/c30-24(22-15-19(29(31)32)6-8-23(22)28-9-11-33-12-10-28)27-25(34)26-18-5-7-21-17(14-18)13-16-3-1-2-4-20(16)21/h1-8,14-15H,9-13H2,(H2,26,27,30,34). The fraction of sp³-hybridized carbons (Fsp3) is 0.200. The Morgan fingerprint density at radius 2 is 1.76 bits per heavy atom. The molecule has 0 atom stereocenters. The number of nitrogens with one attached hydrogen (secondary N) is 2. The highest BCUT2D eigenvalue weighted by molar-refractivity contribution is 7.80. The van der Waals surface area contributed by atoms with Gasteiger partial charge in [-0.3, -0.25) is 20.2 Å². The molecule has 34 heavy (non-hydrogen) atoms. The van der Waals surface area contributed by atoms with Gasteiger partial charge < -0.3 is 15.0 Å². The van der Waals surface area contributed by atoms with Crippen LogP contribution in [-0.4, -0.2) is 42.2 Å². The fourth-order valence-electron chi connectivity index (χ4n) is 4.46. The molecule has 1 heterocycles. The van der Waals surface area contributed by atoms with Crippen molar-refractivity contribution in [3.8, 4) is 11.1 Å². The predicted octanol–water partition coefficient (Wildman–Crippen LogP) is 4.13. The quantitative estimate of drug-likeness (QED) is 0.261. The highest BCUT2D eigenvalue weighted by Crippen LogP contribution is 2.37. The van der Waals surface area contributed by atoms with Crippen LogP contribution in [0.2, 0.25) is 0 Å². The lowest BCUT2D eigenvalue weighted by Gasteiger charge is -2.30. The number of hydrogen-bond donors (Lipinski definition) is 2. The Bertz CT molecular complexity index is 1300. The minimum Gasteiger partial charge on any atom is -0.378 e. The van der Waals surface area contributed by atoms with Gasteiger partial charge in [0, 0.05) is 30.9 Å². The number of nitrogens with zero attached hydrogens (tertiary/aromatic N) is 2. The Morgan fingerprint density at radius 3 is 2.56 bits per heavy atom. The van der Waals surface area contributed by atoms with E-state index in [9.17, 15) is 14.9 Å². The molecule has 1 aliphatic heterocycles. The van der Waals surface area contributed by atoms with Crippen LogP contribution in [0.5, 0.6) is 0 Å². The van der Waals surface area contributed by atoms with Gasteiger partial charge in [0.1, 0.15) is 0 Å². The molecule has 0 unspecified atom stereocenters. The fourth-order valence-corrected chi connectivity index (χ4v) is 4.67. The third kappa shape index (κ3) is 4.35. The van der Waals surface area contributed by atoms with Crippen LogP contribution in [0.1, 0.15) is 21.5 Å². The smallest absolute Gasteiger partial charge is 0.270 e. The average Bonchev–Trinajstić information content (AvgIpc) is 3.21. The zero-order valence-electron chi connectivity index (χ0n) is 18.2. The zero-order chi connectivity index (χ0) is 23.7. The van der Waals surface area contributed by atoms with E-state index < -0.39 is 10.8 Å². The molecule has 0 bridgehead atoms. The SMILES string of the molecule is O=C(NC(=S)Nc1ccc2c(c1)Cc1ccccc1-2)c1cc([N+](=O)[O-])ccc1N1CCOCC1. The first-order chi connectivity index (χ1) is 16.5. The van der Waals surface area contributed by atoms with Crippen LogP contribution in [0.15, 0.2) is 60.7 Å². The molecule has 5 rings (SSSR count). The summed E-state index contributed by atoms with van der Waals surface area (Å²) in [5, 5.41) is 17.2. The van der Waals surface area contributed by atoms with Gasteiger partial charge in [0.15, 0.2) is 5.11 Å². The average molecular weight is 475 g/mol. The lowest BCUT2D eigenvalue weighted by Crippen LogP contribution is -2.39. The third-order valence-electron chi connectivity index (χ3n) is 6.07. The van der Waals surface area contributed by atoms with Gasteiger partial charge >= 0.3 is 0 Å². The summed E-state index contributed by atoms with van der Waals surface area (Å²) in [5.74, 6) is -0.503. The summed E-state index contributed by atoms with van der Waals surface area (Å²) in [4.78, 5) is 25.9. The number of hydrogen-bond acceptors (Lipinski definition) is 6. The molecule has 9 heteroatoms. The second kappa shape index (κ2) is 9.20. The van der Waals surface area contributed by atoms with Crippen molar-refractivity contribution in [1.29, 1.82) is 0 Å². The van der Waals surface area contributed by atoms with Gasteiger partial charge in [-0.25, -0.2) is 0 Å². The maximum absolute atomic E-state index is 13.1. The number of anilines is 2. The van der Waals surface area contributed by atoms with E-state index in [1.54, 1.807) is 6.07 Å². The second-order valence-electron chi connectivity index (χ2n) is 8.17. The summed E-state index contributed by atoms with van der Waals surface area (Å²) in [6, 6.07) is 18.6. The Balaban J connectivity index is 1.32. The number of carbonyl (C=O) groups is 1. The summed E-state index contributed by atoms with van der Waals surface area (Å²) >= 11 is 5.38. The lowest BCUT2D eigenvalue weighted by atomic mass is 10.1. The van der Waals surface area contributed by atoms with Crippen molar-refractivity contribution in [3.05, 3.63) is 87.5 Å². The van der Waals surface area contributed by atoms with Crippen molar-refractivity contribution in [2.45, 2.75) is 6.42 Å². The molecule has 3 aromatic carbocycles. The molecule has 0 aromatic heterocycles. The highest BCUT2D eigenvalue weighted by Gasteiger charge is 2.23. The number of benzene rings is 3. The number of rotatable bonds is 4. The predicted molar refractivity (Wildman–Crippen MR) is 134 cm³/mol. The number of non-ortho nitro benzene ring substituents is 1. The molecule has 172 valence electrons. The monoisotopic (exact) mass is 474 g/mol. The lowest BCUT2D eigenvalue weighted by molar-refractivity contribution is -0.384. The van der Waals surface area contributed by atoms with Crippen LogP contribution in [0.3, 0.4) is 0 Å². The number of nitro groups is 1. The van der Waals surface area contributed by atoms with Crippen molar-refractivity contribution >= 4 is 40.3 Å². The Kier molecular flexibility index (Phi) is 5.95. The Morgan fingerprint density at radius 1 is 1.00 bits per heavy atom. The topological polar surface area (TPSA) is 96.7 Å². The van der Waals surface area contributed by atoms with Gasteiger partial charge in [0.25, 0.3) is 11.6 Å². The molecule has 1 aliphatic carbocycles. The number of ether oxygens (including phenoxy) is 1. The summed E-state index contributed by atoms with van der Waals surface area (Å²) in [7, 11) is 0. The highest BCUT2D eigenvalue weighted by atomic mass is 32.1. The first kappa shape index (κ1) is 22.0. The number of nitro benzene ring substituents is 1. The van der Waals surface area contributed by atoms with Crippen LogP contribution in [-0.2, 0) is 11.2 Å². The zero-order valence-corrected chi connectivity index (χ0v) is 19.1. The number of amides is 1. The molecule has 3 aromatic rings. The van der Waals surface area contributed by atoms with Crippen molar-refractivity contribution in [2.24, 2.45) is 0 Å². The van der Waals surface area contributed by atoms with Crippen molar-refractivity contribution < 1.29 is 14.5 Å². The second-order valence-corrected chi connectivity index (χ2v) is 8.58. The van der Waals surface area contributed by atoms with E-state index in [-0.39, 0.29) is 16.4 Å². The molecule has 0 saturated carbocycles. The molecule has 2 N–H and O–H groups in total. The third-order valence-corrected chi connectivity index (χ3v) is 6.27. The van der Waals surface area contributed by atoms with Gasteiger partial charge in [-0.05, 0) is 59.1 Å². The molecule has 8 nitrogen and oxygen atoms in total. The first-order valence-electron chi connectivity index (χ1n) is 10.9. The molecule has 2 aliphatic rings. The number of thiocarbonyl (C=S) groups is 1. The molecule has 1 amide bonds. The van der Waals surface area contributed by atoms with E-state index in [1.165, 1.54) is 34.4 Å². The van der Waals surface area contributed by atoms with Crippen LogP contribution >= 0.6 is 12.2 Å². The normalized spacial score (nSPS) is 14.2. The summed E-state index contributed by atoms with van der Waals surface area (Å²) in [6.45, 7) is 2.25. The van der Waals surface area contributed by atoms with Crippen molar-refractivity contribution in [2.75, 3.05) is 36.5 Å². The van der Waals surface area contributed by atoms with E-state index in [1.807, 2.05) is 35.2 Å². The van der Waals surface area contributed by atoms with Crippen LogP contribution in [0.25, 0.3) is 11.1 Å². The van der Waals surface area contributed by atoms with Gasteiger partial charge in [0.2, 0.25) is 0 Å². The largest absolute Gasteiger partial charge is 0.378 e. The molecule has 1 saturated heterocycles. The van der Waals surface area contributed by atoms with E-state index in [0.717, 1.165) is 12.1 Å². The summed E-state index contributed by atoms with van der Waals surface area (Å²) in [5.41, 5.74) is 6.34. The maximum Gasteiger partial charge on any atom is 0.270 e. The van der Waals surface area contributed by atoms with E-state index in [0.29, 0.717) is 32.0 Å². The molecular weight excluding hydrogens is 452 g/mol. The Labute approximate surface area is 201 Å². The summed E-state index contributed by atoms with van der Waals surface area (Å²) < 4.78 is 5.39. The number of carbonyl (C=O) groups excluding carboxylic acids is 1.